The van der Waals surface area contributed by atoms with Crippen molar-refractivity contribution in [1.82, 2.24) is 0 Å². The fourth-order valence-electron chi connectivity index (χ4n) is 5.34. The first-order chi connectivity index (χ1) is 17.7. The molecule has 1 amide bonds. The molecule has 37 heavy (non-hydrogen) atoms. The van der Waals surface area contributed by atoms with Gasteiger partial charge in [-0.15, -0.1) is 0 Å². The normalized spacial score (nSPS) is 20.1. The topological polar surface area (TPSA) is 67.9 Å². The molecule has 1 N–H and O–H groups in total. The van der Waals surface area contributed by atoms with Crippen LogP contribution in [0.1, 0.15) is 42.2 Å². The van der Waals surface area contributed by atoms with Crippen LogP contribution in [0.15, 0.2) is 83.0 Å². The van der Waals surface area contributed by atoms with E-state index < -0.39 is 12.0 Å². The van der Waals surface area contributed by atoms with Crippen LogP contribution < -0.4 is 19.7 Å². The van der Waals surface area contributed by atoms with Crippen molar-refractivity contribution in [2.24, 2.45) is 11.3 Å². The number of allylic oxidation sites excluding steroid dienone is 1. The maximum Gasteiger partial charge on any atom is 0.258 e. The Hall–Kier alpha value is -3.58. The van der Waals surface area contributed by atoms with E-state index in [0.717, 1.165) is 21.4 Å². The van der Waals surface area contributed by atoms with E-state index >= 15 is 0 Å². The van der Waals surface area contributed by atoms with Crippen LogP contribution in [0.5, 0.6) is 11.5 Å². The molecule has 1 heterocycles. The van der Waals surface area contributed by atoms with Crippen LogP contribution in [0, 0.1) is 11.3 Å². The Balaban J connectivity index is 1.79. The lowest BCUT2D eigenvalue weighted by Gasteiger charge is -2.39. The molecule has 1 aliphatic carbocycles. The highest BCUT2D eigenvalue weighted by Crippen LogP contribution is 2.49. The number of hydrogen-bond donors (Lipinski definition) is 1. The van der Waals surface area contributed by atoms with Crippen molar-refractivity contribution in [2.75, 3.05) is 24.4 Å². The smallest absolute Gasteiger partial charge is 0.258 e. The van der Waals surface area contributed by atoms with Gasteiger partial charge in [0.25, 0.3) is 5.91 Å². The zero-order valence-electron chi connectivity index (χ0n) is 21.2. The van der Waals surface area contributed by atoms with Crippen molar-refractivity contribution in [2.45, 2.75) is 26.3 Å². The number of benzene rings is 3. The minimum Gasteiger partial charge on any atom is -0.493 e. The highest BCUT2D eigenvalue weighted by Gasteiger charge is 2.46. The number of nitrogens with zero attached hydrogens (tertiary/aromatic N) is 1. The summed E-state index contributed by atoms with van der Waals surface area (Å²) in [6.45, 7) is 4.12. The number of fused-ring (bicyclic) bond motifs is 2. The van der Waals surface area contributed by atoms with E-state index in [1.54, 1.807) is 31.3 Å². The van der Waals surface area contributed by atoms with Gasteiger partial charge in [-0.2, -0.15) is 0 Å². The van der Waals surface area contributed by atoms with Gasteiger partial charge in [0.15, 0.2) is 11.5 Å². The number of Topliss-reactive ketones (excluding diaryl/α,β-unsaturated/α-hetero) is 1. The Morgan fingerprint density at radius 3 is 2.41 bits per heavy atom. The van der Waals surface area contributed by atoms with Gasteiger partial charge in [0.1, 0.15) is 5.78 Å². The fourth-order valence-corrected chi connectivity index (χ4v) is 5.61. The predicted molar refractivity (Wildman–Crippen MR) is 148 cm³/mol. The molecule has 1 aliphatic heterocycles. The van der Waals surface area contributed by atoms with E-state index in [-0.39, 0.29) is 17.1 Å². The molecule has 0 bridgehead atoms. The maximum atomic E-state index is 14.3. The summed E-state index contributed by atoms with van der Waals surface area (Å²) in [5, 5.41) is 3.53. The van der Waals surface area contributed by atoms with Gasteiger partial charge < -0.3 is 14.8 Å². The van der Waals surface area contributed by atoms with Crippen LogP contribution in [0.25, 0.3) is 0 Å². The summed E-state index contributed by atoms with van der Waals surface area (Å²) in [7, 11) is 3.16. The van der Waals surface area contributed by atoms with Crippen molar-refractivity contribution in [3.05, 3.63) is 94.1 Å². The molecule has 5 rings (SSSR count). The highest BCUT2D eigenvalue weighted by atomic mass is 79.9. The van der Waals surface area contributed by atoms with Gasteiger partial charge in [0.05, 0.1) is 37.6 Å². The minimum absolute atomic E-state index is 0.0798. The summed E-state index contributed by atoms with van der Waals surface area (Å²) in [4.78, 5) is 29.9. The van der Waals surface area contributed by atoms with E-state index in [0.29, 0.717) is 29.2 Å². The molecule has 0 unspecified atom stereocenters. The molecule has 3 aromatic carbocycles. The molecule has 3 aromatic rings. The van der Waals surface area contributed by atoms with Gasteiger partial charge in [0, 0.05) is 22.2 Å². The third-order valence-corrected chi connectivity index (χ3v) is 7.48. The summed E-state index contributed by atoms with van der Waals surface area (Å²) in [6.07, 6.45) is 2.51. The van der Waals surface area contributed by atoms with Gasteiger partial charge in [0.2, 0.25) is 0 Å². The Morgan fingerprint density at radius 1 is 1.00 bits per heavy atom. The number of ether oxygens (including phenoxy) is 2. The van der Waals surface area contributed by atoms with E-state index in [1.165, 1.54) is 0 Å². The number of methoxy groups -OCH3 is 2. The number of hydrogen-bond acceptors (Lipinski definition) is 5. The molecule has 0 aromatic heterocycles. The summed E-state index contributed by atoms with van der Waals surface area (Å²) < 4.78 is 12.0. The van der Waals surface area contributed by atoms with Crippen LogP contribution in [0.4, 0.5) is 11.4 Å². The molecule has 0 saturated carbocycles. The maximum absolute atomic E-state index is 14.3. The zero-order valence-corrected chi connectivity index (χ0v) is 22.8. The second-order valence-electron chi connectivity index (χ2n) is 10.1. The van der Waals surface area contributed by atoms with Crippen LogP contribution in [-0.2, 0) is 4.79 Å². The first-order valence-electron chi connectivity index (χ1n) is 12.1. The first kappa shape index (κ1) is 25.1. The molecule has 0 saturated heterocycles. The van der Waals surface area contributed by atoms with Gasteiger partial charge in [-0.05, 0) is 59.5 Å². The second kappa shape index (κ2) is 9.71. The third kappa shape index (κ3) is 4.64. The Kier molecular flexibility index (Phi) is 6.58. The minimum atomic E-state index is -0.609. The Morgan fingerprint density at radius 2 is 1.70 bits per heavy atom. The van der Waals surface area contributed by atoms with Gasteiger partial charge in [-0.25, -0.2) is 0 Å². The molecule has 0 radical (unpaired) electrons. The molecule has 190 valence electrons. The van der Waals surface area contributed by atoms with Crippen LogP contribution in [-0.4, -0.2) is 25.9 Å². The number of carbonyl (C=O) groups is 2. The van der Waals surface area contributed by atoms with E-state index in [1.807, 2.05) is 54.6 Å². The second-order valence-corrected chi connectivity index (χ2v) is 11.0. The quantitative estimate of drug-likeness (QED) is 0.381. The van der Waals surface area contributed by atoms with E-state index in [9.17, 15) is 9.59 Å². The monoisotopic (exact) mass is 560 g/mol. The Labute approximate surface area is 225 Å². The zero-order chi connectivity index (χ0) is 26.3. The van der Waals surface area contributed by atoms with Crippen molar-refractivity contribution in [3.8, 4) is 11.5 Å². The van der Waals surface area contributed by atoms with E-state index in [4.69, 9.17) is 9.47 Å². The molecule has 2 aliphatic rings. The van der Waals surface area contributed by atoms with Crippen LogP contribution in [0.2, 0.25) is 0 Å². The first-order valence-corrected chi connectivity index (χ1v) is 12.9. The van der Waals surface area contributed by atoms with Crippen molar-refractivity contribution in [1.29, 1.82) is 0 Å². The third-order valence-electron chi connectivity index (χ3n) is 6.95. The summed E-state index contributed by atoms with van der Waals surface area (Å²) in [6, 6.07) is 20.0. The van der Waals surface area contributed by atoms with Gasteiger partial charge in [-0.3, -0.25) is 14.5 Å². The molecular formula is C30H29BrN2O4. The van der Waals surface area contributed by atoms with E-state index in [2.05, 4.69) is 41.2 Å². The molecule has 7 heteroatoms. The number of amides is 1. The van der Waals surface area contributed by atoms with Gasteiger partial charge in [-0.1, -0.05) is 54.1 Å². The Bertz CT molecular complexity index is 1400. The van der Waals surface area contributed by atoms with Crippen molar-refractivity contribution >= 4 is 39.0 Å². The number of para-hydroxylation sites is 2. The number of rotatable bonds is 4. The fraction of sp³-hybridized carbons (Fsp3) is 0.267. The molecule has 0 fully saturated rings. The number of nitrogens with one attached hydrogen (secondary N) is 1. The SMILES string of the molecule is COc1ccc([C@@H]2[C@H]3C(=O)CC(C)(C)C=C3Nc3ccccc3N2C(=O)c2ccc(Br)cc2)cc1OC. The van der Waals surface area contributed by atoms with Crippen LogP contribution in [0.3, 0.4) is 0 Å². The molecule has 6 nitrogen and oxygen atoms in total. The average Bonchev–Trinajstić information content (AvgIpc) is 3.02. The number of halogens is 1. The van der Waals surface area contributed by atoms with Crippen molar-refractivity contribution in [3.63, 3.8) is 0 Å². The number of ketones is 1. The highest BCUT2D eigenvalue weighted by molar-refractivity contribution is 9.10. The lowest BCUT2D eigenvalue weighted by molar-refractivity contribution is -0.124. The molecule has 0 spiro atoms. The standard InChI is InChI=1S/C30H29BrN2O4/c1-30(2)16-22-27(24(34)17-30)28(19-11-14-25(36-3)26(15-19)37-4)33(23-8-6-5-7-21(23)32-22)29(35)18-9-12-20(31)13-10-18/h5-16,27-28,32H,17H2,1-4H3/t27-,28-/m1/s1. The molecule has 2 atom stereocenters. The summed E-state index contributed by atoms with van der Waals surface area (Å²) in [5.74, 6) is 0.418. The summed E-state index contributed by atoms with van der Waals surface area (Å²) >= 11 is 3.46. The number of anilines is 2. The van der Waals surface area contributed by atoms with Crippen LogP contribution >= 0.6 is 15.9 Å². The largest absolute Gasteiger partial charge is 0.493 e. The molecular weight excluding hydrogens is 532 g/mol. The lowest BCUT2D eigenvalue weighted by Crippen LogP contribution is -2.43. The van der Waals surface area contributed by atoms with Crippen molar-refractivity contribution < 1.29 is 19.1 Å². The average molecular weight is 561 g/mol. The predicted octanol–water partition coefficient (Wildman–Crippen LogP) is 6.78. The lowest BCUT2D eigenvalue weighted by atomic mass is 9.72. The number of carbonyl (C=O) groups excluding carboxylic acids is 2. The summed E-state index contributed by atoms with van der Waals surface area (Å²) in [5.41, 5.74) is 3.29. The van der Waals surface area contributed by atoms with Gasteiger partial charge >= 0.3 is 0 Å².